The van der Waals surface area contributed by atoms with Gasteiger partial charge in [-0.05, 0) is 73.5 Å². The lowest BCUT2D eigenvalue weighted by Gasteiger charge is -2.23. The van der Waals surface area contributed by atoms with Crippen LogP contribution < -0.4 is 14.8 Å². The van der Waals surface area contributed by atoms with Gasteiger partial charge in [-0.25, -0.2) is 5.01 Å². The van der Waals surface area contributed by atoms with E-state index in [0.29, 0.717) is 23.9 Å². The van der Waals surface area contributed by atoms with Crippen LogP contribution in [0, 0.1) is 6.92 Å². The molecule has 0 aliphatic carbocycles. The SMILES string of the molecule is CCOc1ccc(NC(=O)C[C@@H]2SC(N3N=C(c4ccc(OC)cc4)C[C@@H]3c3ccc(C)cc3)=NC2=O)cc1. The second kappa shape index (κ2) is 11.7. The van der Waals surface area contributed by atoms with E-state index in [9.17, 15) is 9.59 Å². The molecule has 0 fully saturated rings. The van der Waals surface area contributed by atoms with Crippen LogP contribution in [-0.2, 0) is 9.59 Å². The Kier molecular flexibility index (Phi) is 7.97. The monoisotopic (exact) mass is 542 g/mol. The minimum absolute atomic E-state index is 0.0157. The van der Waals surface area contributed by atoms with Gasteiger partial charge in [-0.2, -0.15) is 10.1 Å². The molecule has 2 atom stereocenters. The number of benzene rings is 3. The average molecular weight is 543 g/mol. The zero-order valence-corrected chi connectivity index (χ0v) is 22.9. The summed E-state index contributed by atoms with van der Waals surface area (Å²) in [4.78, 5) is 29.9. The topological polar surface area (TPSA) is 92.6 Å². The number of nitrogens with one attached hydrogen (secondary N) is 1. The van der Waals surface area contributed by atoms with E-state index >= 15 is 0 Å². The van der Waals surface area contributed by atoms with Gasteiger partial charge in [0.15, 0.2) is 5.17 Å². The third kappa shape index (κ3) is 6.15. The molecule has 9 heteroatoms. The van der Waals surface area contributed by atoms with Crippen LogP contribution in [0.1, 0.15) is 42.5 Å². The van der Waals surface area contributed by atoms with E-state index in [2.05, 4.69) is 34.6 Å². The van der Waals surface area contributed by atoms with Gasteiger partial charge in [-0.3, -0.25) is 9.59 Å². The number of amides is 2. The summed E-state index contributed by atoms with van der Waals surface area (Å²) >= 11 is 1.29. The first-order chi connectivity index (χ1) is 18.9. The first kappa shape index (κ1) is 26.5. The van der Waals surface area contributed by atoms with E-state index < -0.39 is 5.25 Å². The average Bonchev–Trinajstić information content (AvgIpc) is 3.54. The number of nitrogens with zero attached hydrogens (tertiary/aromatic N) is 3. The van der Waals surface area contributed by atoms with Gasteiger partial charge in [0.05, 0.1) is 25.5 Å². The lowest BCUT2D eigenvalue weighted by Crippen LogP contribution is -2.25. The number of aliphatic imine (C=N–C) groups is 1. The number of carbonyl (C=O) groups is 2. The fourth-order valence-electron chi connectivity index (χ4n) is 4.48. The first-order valence-electron chi connectivity index (χ1n) is 12.8. The molecule has 0 radical (unpaired) electrons. The summed E-state index contributed by atoms with van der Waals surface area (Å²) in [5, 5.41) is 9.49. The van der Waals surface area contributed by atoms with Crippen molar-refractivity contribution in [2.24, 2.45) is 10.1 Å². The highest BCUT2D eigenvalue weighted by Gasteiger charge is 2.39. The van der Waals surface area contributed by atoms with E-state index in [0.717, 1.165) is 28.3 Å². The molecule has 2 amide bonds. The Morgan fingerprint density at radius 3 is 2.38 bits per heavy atom. The number of hydrazone groups is 1. The number of rotatable bonds is 8. The highest BCUT2D eigenvalue weighted by Crippen LogP contribution is 2.39. The Balaban J connectivity index is 1.31. The molecule has 2 aliphatic rings. The number of hydrogen-bond acceptors (Lipinski definition) is 7. The second-order valence-electron chi connectivity index (χ2n) is 9.30. The number of carbonyl (C=O) groups excluding carboxylic acids is 2. The molecule has 0 aromatic heterocycles. The van der Waals surface area contributed by atoms with Crippen LogP contribution in [0.25, 0.3) is 0 Å². The normalized spacial score (nSPS) is 18.5. The van der Waals surface area contributed by atoms with Gasteiger partial charge in [-0.15, -0.1) is 0 Å². The molecule has 5 rings (SSSR count). The van der Waals surface area contributed by atoms with Crippen molar-refractivity contribution < 1.29 is 19.1 Å². The highest BCUT2D eigenvalue weighted by atomic mass is 32.2. The molecule has 0 saturated carbocycles. The number of methoxy groups -OCH3 is 1. The molecule has 2 heterocycles. The minimum atomic E-state index is -0.610. The standard InChI is InChI=1S/C30H30N4O4S/c1-4-38-24-15-11-22(12-16-24)31-28(35)18-27-29(36)32-30(39-27)34-26(21-7-5-19(2)6-8-21)17-25(33-34)20-9-13-23(37-3)14-10-20/h5-16,26-27H,4,17-18H2,1-3H3,(H,31,35)/t26-,27+/m1/s1. The first-order valence-corrected chi connectivity index (χ1v) is 13.7. The number of aryl methyl sites for hydroxylation is 1. The molecule has 0 saturated heterocycles. The lowest BCUT2D eigenvalue weighted by atomic mass is 9.98. The molecule has 0 bridgehead atoms. The van der Waals surface area contributed by atoms with Crippen LogP contribution in [0.4, 0.5) is 5.69 Å². The van der Waals surface area contributed by atoms with Crippen LogP contribution in [0.2, 0.25) is 0 Å². The Hall–Kier alpha value is -4.11. The van der Waals surface area contributed by atoms with E-state index in [4.69, 9.17) is 14.6 Å². The van der Waals surface area contributed by atoms with E-state index in [1.165, 1.54) is 17.3 Å². The summed E-state index contributed by atoms with van der Waals surface area (Å²) in [6.45, 7) is 4.54. The lowest BCUT2D eigenvalue weighted by molar-refractivity contribution is -0.121. The number of ether oxygens (including phenoxy) is 2. The van der Waals surface area contributed by atoms with Gasteiger partial charge in [-0.1, -0.05) is 41.6 Å². The molecule has 39 heavy (non-hydrogen) atoms. The van der Waals surface area contributed by atoms with Crippen molar-refractivity contribution >= 4 is 40.1 Å². The van der Waals surface area contributed by atoms with Gasteiger partial charge < -0.3 is 14.8 Å². The number of hydrogen-bond donors (Lipinski definition) is 1. The minimum Gasteiger partial charge on any atom is -0.497 e. The Morgan fingerprint density at radius 2 is 1.72 bits per heavy atom. The van der Waals surface area contributed by atoms with Gasteiger partial charge in [0, 0.05) is 18.5 Å². The number of thioether (sulfide) groups is 1. The number of anilines is 1. The summed E-state index contributed by atoms with van der Waals surface area (Å²) in [7, 11) is 1.64. The molecule has 1 N–H and O–H groups in total. The predicted octanol–water partition coefficient (Wildman–Crippen LogP) is 5.58. The van der Waals surface area contributed by atoms with Crippen LogP contribution in [0.5, 0.6) is 11.5 Å². The van der Waals surface area contributed by atoms with Crippen molar-refractivity contribution in [2.75, 3.05) is 19.0 Å². The fraction of sp³-hybridized carbons (Fsp3) is 0.267. The van der Waals surface area contributed by atoms with Crippen molar-refractivity contribution in [2.45, 2.75) is 38.0 Å². The molecule has 2 aliphatic heterocycles. The Bertz CT molecular complexity index is 1400. The maximum absolute atomic E-state index is 12.9. The van der Waals surface area contributed by atoms with Gasteiger partial charge in [0.1, 0.15) is 16.7 Å². The Morgan fingerprint density at radius 1 is 1.03 bits per heavy atom. The molecular formula is C30H30N4O4S. The summed E-state index contributed by atoms with van der Waals surface area (Å²) < 4.78 is 10.7. The predicted molar refractivity (Wildman–Crippen MR) is 155 cm³/mol. The summed E-state index contributed by atoms with van der Waals surface area (Å²) in [5.41, 5.74) is 4.78. The second-order valence-corrected chi connectivity index (χ2v) is 10.5. The van der Waals surface area contributed by atoms with Gasteiger partial charge in [0.25, 0.3) is 5.91 Å². The Labute approximate surface area is 232 Å². The van der Waals surface area contributed by atoms with E-state index in [-0.39, 0.29) is 24.3 Å². The van der Waals surface area contributed by atoms with E-state index in [1.54, 1.807) is 31.4 Å². The maximum atomic E-state index is 12.9. The van der Waals surface area contributed by atoms with Crippen LogP contribution >= 0.6 is 11.8 Å². The molecule has 200 valence electrons. The van der Waals surface area contributed by atoms with Gasteiger partial charge in [0.2, 0.25) is 5.91 Å². The highest BCUT2D eigenvalue weighted by molar-refractivity contribution is 8.15. The summed E-state index contributed by atoms with van der Waals surface area (Å²) in [5.74, 6) is 0.934. The molecule has 8 nitrogen and oxygen atoms in total. The molecule has 0 unspecified atom stereocenters. The summed E-state index contributed by atoms with van der Waals surface area (Å²) in [6.07, 6.45) is 0.674. The molecule has 3 aromatic carbocycles. The third-order valence-electron chi connectivity index (χ3n) is 6.54. The smallest absolute Gasteiger partial charge is 0.262 e. The quantitative estimate of drug-likeness (QED) is 0.400. The van der Waals surface area contributed by atoms with Crippen LogP contribution in [0.15, 0.2) is 82.9 Å². The molecular weight excluding hydrogens is 512 g/mol. The van der Waals surface area contributed by atoms with Crippen molar-refractivity contribution in [3.63, 3.8) is 0 Å². The van der Waals surface area contributed by atoms with Crippen molar-refractivity contribution in [3.05, 3.63) is 89.5 Å². The zero-order chi connectivity index (χ0) is 27.4. The van der Waals surface area contributed by atoms with Crippen LogP contribution in [0.3, 0.4) is 0 Å². The van der Waals surface area contributed by atoms with Crippen LogP contribution in [-0.4, -0.2) is 46.7 Å². The van der Waals surface area contributed by atoms with Gasteiger partial charge >= 0.3 is 0 Å². The van der Waals surface area contributed by atoms with Crippen molar-refractivity contribution in [3.8, 4) is 11.5 Å². The maximum Gasteiger partial charge on any atom is 0.262 e. The van der Waals surface area contributed by atoms with Crippen molar-refractivity contribution in [1.29, 1.82) is 0 Å². The largest absolute Gasteiger partial charge is 0.497 e. The fourth-order valence-corrected chi connectivity index (χ4v) is 5.54. The van der Waals surface area contributed by atoms with Crippen molar-refractivity contribution in [1.82, 2.24) is 5.01 Å². The molecule has 3 aromatic rings. The number of amidine groups is 1. The third-order valence-corrected chi connectivity index (χ3v) is 7.68. The zero-order valence-electron chi connectivity index (χ0n) is 22.1. The van der Waals surface area contributed by atoms with E-state index in [1.807, 2.05) is 43.1 Å². The summed E-state index contributed by atoms with van der Waals surface area (Å²) in [6, 6.07) is 23.1. The molecule has 0 spiro atoms.